The van der Waals surface area contributed by atoms with Crippen LogP contribution in [0.25, 0.3) is 0 Å². The zero-order valence-electron chi connectivity index (χ0n) is 16.3. The van der Waals surface area contributed by atoms with Gasteiger partial charge < -0.3 is 15.1 Å². The van der Waals surface area contributed by atoms with Crippen molar-refractivity contribution >= 4 is 39.1 Å². The number of hydrogen-bond acceptors (Lipinski definition) is 5. The van der Waals surface area contributed by atoms with Gasteiger partial charge in [-0.3, -0.25) is 4.79 Å². The number of piperazine rings is 1. The van der Waals surface area contributed by atoms with E-state index in [9.17, 15) is 13.2 Å². The average molecular weight is 451 g/mol. The molecule has 2 rings (SSSR count). The summed E-state index contributed by atoms with van der Waals surface area (Å²) < 4.78 is 26.4. The zero-order chi connectivity index (χ0) is 20.7. The predicted octanol–water partition coefficient (Wildman–Crippen LogP) is 1.76. The van der Waals surface area contributed by atoms with Crippen LogP contribution in [0.15, 0.2) is 23.1 Å². The summed E-state index contributed by atoms with van der Waals surface area (Å²) in [6.45, 7) is 5.86. The van der Waals surface area contributed by atoms with Crippen LogP contribution in [0.2, 0.25) is 10.0 Å². The molecule has 0 bridgehead atoms. The standard InChI is InChI=1S/C18H28Cl2N4O3S/c1-22-11-13-24(14-12-22)9-4-8-21-17(25)7-10-23(2)28(26,27)16-6-3-5-15(19)18(16)20/h3,5-6H,4,7-14H2,1-2H3,(H,21,25). The fourth-order valence-electron chi connectivity index (χ4n) is 2.92. The first-order valence-electron chi connectivity index (χ1n) is 9.30. The summed E-state index contributed by atoms with van der Waals surface area (Å²) in [5.74, 6) is -0.169. The molecule has 0 spiro atoms. The number of carbonyl (C=O) groups excluding carboxylic acids is 1. The molecular formula is C18H28Cl2N4O3S. The van der Waals surface area contributed by atoms with Gasteiger partial charge in [0.15, 0.2) is 0 Å². The second kappa shape index (κ2) is 10.8. The highest BCUT2D eigenvalue weighted by molar-refractivity contribution is 7.89. The van der Waals surface area contributed by atoms with Gasteiger partial charge in [0.05, 0.1) is 10.0 Å². The SMILES string of the molecule is CN1CCN(CCCNC(=O)CCN(C)S(=O)(=O)c2cccc(Cl)c2Cl)CC1. The molecular weight excluding hydrogens is 423 g/mol. The highest BCUT2D eigenvalue weighted by Crippen LogP contribution is 2.30. The molecule has 7 nitrogen and oxygen atoms in total. The molecule has 1 heterocycles. The first kappa shape index (κ1) is 23.4. The number of sulfonamides is 1. The van der Waals surface area contributed by atoms with Crippen LogP contribution >= 0.6 is 23.2 Å². The maximum absolute atomic E-state index is 12.6. The lowest BCUT2D eigenvalue weighted by Crippen LogP contribution is -2.45. The van der Waals surface area contributed by atoms with Crippen molar-refractivity contribution in [3.63, 3.8) is 0 Å². The quantitative estimate of drug-likeness (QED) is 0.580. The highest BCUT2D eigenvalue weighted by atomic mass is 35.5. The van der Waals surface area contributed by atoms with Gasteiger partial charge in [0, 0.05) is 52.7 Å². The second-order valence-corrected chi connectivity index (χ2v) is 9.78. The lowest BCUT2D eigenvalue weighted by atomic mass is 10.3. The van der Waals surface area contributed by atoms with Crippen molar-refractivity contribution in [2.75, 3.05) is 59.9 Å². The largest absolute Gasteiger partial charge is 0.356 e. The highest BCUT2D eigenvalue weighted by Gasteiger charge is 2.25. The van der Waals surface area contributed by atoms with E-state index in [1.54, 1.807) is 0 Å². The van der Waals surface area contributed by atoms with E-state index in [1.807, 2.05) is 0 Å². The first-order valence-corrected chi connectivity index (χ1v) is 11.5. The molecule has 1 aliphatic heterocycles. The fraction of sp³-hybridized carbons (Fsp3) is 0.611. The van der Waals surface area contributed by atoms with Crippen molar-refractivity contribution in [1.82, 2.24) is 19.4 Å². The molecule has 1 aromatic rings. The van der Waals surface area contributed by atoms with Gasteiger partial charge in [-0.15, -0.1) is 0 Å². The summed E-state index contributed by atoms with van der Waals surface area (Å²) in [7, 11) is -0.262. The Bertz CT molecular complexity index is 768. The van der Waals surface area contributed by atoms with Gasteiger partial charge in [0.25, 0.3) is 0 Å². The molecule has 1 saturated heterocycles. The Labute approximate surface area is 177 Å². The van der Waals surface area contributed by atoms with Crippen molar-refractivity contribution in [1.29, 1.82) is 0 Å². The minimum atomic E-state index is -3.81. The Morgan fingerprint density at radius 2 is 1.89 bits per heavy atom. The van der Waals surface area contributed by atoms with E-state index < -0.39 is 10.0 Å². The van der Waals surface area contributed by atoms with Crippen LogP contribution < -0.4 is 5.32 Å². The van der Waals surface area contributed by atoms with E-state index in [1.165, 1.54) is 25.2 Å². The van der Waals surface area contributed by atoms with Crippen molar-refractivity contribution < 1.29 is 13.2 Å². The molecule has 0 unspecified atom stereocenters. The number of nitrogens with zero attached hydrogens (tertiary/aromatic N) is 3. The Morgan fingerprint density at radius 3 is 2.57 bits per heavy atom. The Hall–Kier alpha value is -0.900. The third kappa shape index (κ3) is 6.57. The predicted molar refractivity (Wildman–Crippen MR) is 112 cm³/mol. The van der Waals surface area contributed by atoms with Crippen LogP contribution in [0.3, 0.4) is 0 Å². The van der Waals surface area contributed by atoms with Gasteiger partial charge in [-0.25, -0.2) is 12.7 Å². The topological polar surface area (TPSA) is 73.0 Å². The van der Waals surface area contributed by atoms with Gasteiger partial charge >= 0.3 is 0 Å². The smallest absolute Gasteiger partial charge is 0.244 e. The summed E-state index contributed by atoms with van der Waals surface area (Å²) in [4.78, 5) is 16.7. The summed E-state index contributed by atoms with van der Waals surface area (Å²) >= 11 is 11.9. The van der Waals surface area contributed by atoms with E-state index in [0.717, 1.165) is 43.4 Å². The molecule has 0 saturated carbocycles. The molecule has 1 aliphatic rings. The third-order valence-corrected chi connectivity index (χ3v) is 7.66. The van der Waals surface area contributed by atoms with E-state index in [2.05, 4.69) is 22.2 Å². The van der Waals surface area contributed by atoms with Gasteiger partial charge in [-0.2, -0.15) is 0 Å². The van der Waals surface area contributed by atoms with Crippen LogP contribution in [-0.2, 0) is 14.8 Å². The van der Waals surface area contributed by atoms with Crippen LogP contribution in [0.4, 0.5) is 0 Å². The monoisotopic (exact) mass is 450 g/mol. The molecule has 0 radical (unpaired) electrons. The second-order valence-electron chi connectivity index (χ2n) is 6.98. The van der Waals surface area contributed by atoms with Crippen LogP contribution in [0.1, 0.15) is 12.8 Å². The molecule has 0 atom stereocenters. The minimum absolute atomic E-state index is 0.00984. The lowest BCUT2D eigenvalue weighted by Gasteiger charge is -2.32. The van der Waals surface area contributed by atoms with Crippen LogP contribution in [0, 0.1) is 0 Å². The molecule has 0 aromatic heterocycles. The normalized spacial score (nSPS) is 16.5. The summed E-state index contributed by atoms with van der Waals surface area (Å²) in [6.07, 6.45) is 0.962. The number of rotatable bonds is 9. The maximum Gasteiger partial charge on any atom is 0.244 e. The first-order chi connectivity index (χ1) is 13.2. The van der Waals surface area contributed by atoms with Crippen LogP contribution in [0.5, 0.6) is 0 Å². The van der Waals surface area contributed by atoms with Crippen molar-refractivity contribution in [3.8, 4) is 0 Å². The number of carbonyl (C=O) groups is 1. The number of halogens is 2. The van der Waals surface area contributed by atoms with Crippen molar-refractivity contribution in [2.24, 2.45) is 0 Å². The zero-order valence-corrected chi connectivity index (χ0v) is 18.7. The van der Waals surface area contributed by atoms with Crippen molar-refractivity contribution in [3.05, 3.63) is 28.2 Å². The fourth-order valence-corrected chi connectivity index (χ4v) is 4.82. The van der Waals surface area contributed by atoms with Crippen LogP contribution in [-0.4, -0.2) is 88.3 Å². The number of likely N-dealkylation sites (N-methyl/N-ethyl adjacent to an activating group) is 1. The van der Waals surface area contributed by atoms with Gasteiger partial charge in [-0.05, 0) is 32.1 Å². The van der Waals surface area contributed by atoms with Gasteiger partial charge in [0.2, 0.25) is 15.9 Å². The molecule has 28 heavy (non-hydrogen) atoms. The van der Waals surface area contributed by atoms with E-state index >= 15 is 0 Å². The van der Waals surface area contributed by atoms with Gasteiger partial charge in [0.1, 0.15) is 4.90 Å². The minimum Gasteiger partial charge on any atom is -0.356 e. The number of hydrogen-bond donors (Lipinski definition) is 1. The third-order valence-electron chi connectivity index (χ3n) is 4.83. The summed E-state index contributed by atoms with van der Waals surface area (Å²) in [5.41, 5.74) is 0. The number of amides is 1. The number of benzene rings is 1. The van der Waals surface area contributed by atoms with E-state index in [4.69, 9.17) is 23.2 Å². The summed E-state index contributed by atoms with van der Waals surface area (Å²) in [6, 6.07) is 4.46. The van der Waals surface area contributed by atoms with Crippen molar-refractivity contribution in [2.45, 2.75) is 17.7 Å². The Morgan fingerprint density at radius 1 is 1.21 bits per heavy atom. The summed E-state index contributed by atoms with van der Waals surface area (Å²) in [5, 5.41) is 3.02. The molecule has 1 aromatic carbocycles. The molecule has 1 amide bonds. The maximum atomic E-state index is 12.6. The molecule has 10 heteroatoms. The van der Waals surface area contributed by atoms with E-state index in [0.29, 0.717) is 6.54 Å². The lowest BCUT2D eigenvalue weighted by molar-refractivity contribution is -0.121. The molecule has 158 valence electrons. The van der Waals surface area contributed by atoms with Gasteiger partial charge in [-0.1, -0.05) is 29.3 Å². The number of nitrogens with one attached hydrogen (secondary N) is 1. The molecule has 1 fully saturated rings. The molecule has 1 N–H and O–H groups in total. The molecule has 0 aliphatic carbocycles. The Kier molecular flexibility index (Phi) is 8.98. The average Bonchev–Trinajstić information content (AvgIpc) is 2.66. The van der Waals surface area contributed by atoms with E-state index in [-0.39, 0.29) is 33.8 Å². The Balaban J connectivity index is 1.72.